The van der Waals surface area contributed by atoms with Crippen LogP contribution in [0.2, 0.25) is 12.6 Å². The maximum absolute atomic E-state index is 5.57. The van der Waals surface area contributed by atoms with Gasteiger partial charge in [0.2, 0.25) is 0 Å². The summed E-state index contributed by atoms with van der Waals surface area (Å²) in [4.78, 5) is 0. The lowest BCUT2D eigenvalue weighted by molar-refractivity contribution is 0.340. The molecule has 0 aromatic heterocycles. The Labute approximate surface area is 117 Å². The molecule has 0 saturated carbocycles. The minimum Gasteiger partial charge on any atom is -0.494 e. The highest BCUT2D eigenvalue weighted by Crippen LogP contribution is 2.16. The van der Waals surface area contributed by atoms with Crippen LogP contribution in [0.5, 0.6) is 5.75 Å². The second-order valence-corrected chi connectivity index (χ2v) is 4.53. The average Bonchev–Trinajstić information content (AvgIpc) is 2.40. The third-order valence-corrected chi connectivity index (χ3v) is 3.13. The van der Waals surface area contributed by atoms with Gasteiger partial charge in [-0.15, -0.1) is 19.7 Å². The Hall–Kier alpha value is -1.70. The maximum atomic E-state index is 5.57. The molecule has 0 aliphatic heterocycles. The molecule has 0 fully saturated rings. The predicted molar refractivity (Wildman–Crippen MR) is 86.9 cm³/mol. The Kier molecular flexibility index (Phi) is 6.80. The zero-order valence-corrected chi connectivity index (χ0v) is 11.9. The van der Waals surface area contributed by atoms with E-state index >= 15 is 0 Å². The summed E-state index contributed by atoms with van der Waals surface area (Å²) < 4.78 is 5.57. The first-order valence-corrected chi connectivity index (χ1v) is 6.85. The van der Waals surface area contributed by atoms with Crippen molar-refractivity contribution in [3.63, 3.8) is 0 Å². The Morgan fingerprint density at radius 1 is 1.11 bits per heavy atom. The summed E-state index contributed by atoms with van der Waals surface area (Å²) in [5.41, 5.74) is 2.64. The van der Waals surface area contributed by atoms with Crippen molar-refractivity contribution in [3.8, 4) is 5.75 Å². The largest absolute Gasteiger partial charge is 0.494 e. The SMILES string of the molecule is C=CCB(CC=C)c1ccc(OCC)cc1CC=C. The van der Waals surface area contributed by atoms with Crippen LogP contribution in [0.25, 0.3) is 0 Å². The van der Waals surface area contributed by atoms with Gasteiger partial charge in [-0.1, -0.05) is 42.4 Å². The smallest absolute Gasteiger partial charge is 0.183 e. The van der Waals surface area contributed by atoms with Crippen LogP contribution in [0, 0.1) is 0 Å². The molecule has 2 heteroatoms. The van der Waals surface area contributed by atoms with E-state index in [1.165, 1.54) is 11.0 Å². The van der Waals surface area contributed by atoms with E-state index < -0.39 is 0 Å². The van der Waals surface area contributed by atoms with E-state index in [-0.39, 0.29) is 0 Å². The van der Waals surface area contributed by atoms with Gasteiger partial charge in [0.15, 0.2) is 6.71 Å². The first-order chi connectivity index (χ1) is 9.26. The predicted octanol–water partition coefficient (Wildman–Crippen LogP) is 3.89. The molecule has 0 saturated heterocycles. The molecule has 0 aliphatic carbocycles. The summed E-state index contributed by atoms with van der Waals surface area (Å²) in [5, 5.41) is 0. The fourth-order valence-corrected chi connectivity index (χ4v) is 2.32. The zero-order valence-electron chi connectivity index (χ0n) is 11.9. The summed E-state index contributed by atoms with van der Waals surface area (Å²) in [6.07, 6.45) is 8.67. The van der Waals surface area contributed by atoms with E-state index in [1.54, 1.807) is 0 Å². The number of allylic oxidation sites excluding steroid dienone is 3. The van der Waals surface area contributed by atoms with Crippen molar-refractivity contribution in [2.45, 2.75) is 26.0 Å². The van der Waals surface area contributed by atoms with Crippen molar-refractivity contribution in [3.05, 3.63) is 61.7 Å². The molecule has 0 unspecified atom stereocenters. The van der Waals surface area contributed by atoms with Crippen molar-refractivity contribution < 1.29 is 4.74 Å². The molecule has 1 rings (SSSR count). The third kappa shape index (κ3) is 4.48. The van der Waals surface area contributed by atoms with Crippen molar-refractivity contribution in [2.24, 2.45) is 0 Å². The topological polar surface area (TPSA) is 9.23 Å². The van der Waals surface area contributed by atoms with Crippen LogP contribution < -0.4 is 10.2 Å². The molecule has 0 amide bonds. The first kappa shape index (κ1) is 15.4. The highest BCUT2D eigenvalue weighted by atomic mass is 16.5. The average molecular weight is 254 g/mol. The lowest BCUT2D eigenvalue weighted by atomic mass is 9.40. The van der Waals surface area contributed by atoms with Crippen molar-refractivity contribution in [2.75, 3.05) is 6.61 Å². The summed E-state index contributed by atoms with van der Waals surface area (Å²) in [7, 11) is 0. The van der Waals surface area contributed by atoms with Gasteiger partial charge in [0, 0.05) is 0 Å². The molecule has 100 valence electrons. The second kappa shape index (κ2) is 8.41. The molecule has 0 N–H and O–H groups in total. The summed E-state index contributed by atoms with van der Waals surface area (Å²) >= 11 is 0. The minimum absolute atomic E-state index is 0.445. The van der Waals surface area contributed by atoms with Gasteiger partial charge >= 0.3 is 0 Å². The molecule has 19 heavy (non-hydrogen) atoms. The van der Waals surface area contributed by atoms with Crippen LogP contribution in [-0.4, -0.2) is 13.3 Å². The molecule has 0 aliphatic rings. The normalized spacial score (nSPS) is 9.74. The van der Waals surface area contributed by atoms with Gasteiger partial charge < -0.3 is 4.74 Å². The molecular weight excluding hydrogens is 231 g/mol. The van der Waals surface area contributed by atoms with E-state index in [1.807, 2.05) is 31.2 Å². The lowest BCUT2D eigenvalue weighted by Crippen LogP contribution is -2.31. The second-order valence-electron chi connectivity index (χ2n) is 4.53. The van der Waals surface area contributed by atoms with E-state index in [0.717, 1.165) is 24.8 Å². The van der Waals surface area contributed by atoms with Crippen LogP contribution in [0.4, 0.5) is 0 Å². The Morgan fingerprint density at radius 3 is 2.32 bits per heavy atom. The number of benzene rings is 1. The highest BCUT2D eigenvalue weighted by Gasteiger charge is 2.16. The van der Waals surface area contributed by atoms with Crippen LogP contribution in [0.15, 0.2) is 56.2 Å². The van der Waals surface area contributed by atoms with Gasteiger partial charge in [-0.25, -0.2) is 0 Å². The molecule has 1 aromatic carbocycles. The molecule has 0 spiro atoms. The number of rotatable bonds is 9. The molecule has 1 aromatic rings. The number of ether oxygens (including phenoxy) is 1. The fraction of sp³-hybridized carbons (Fsp3) is 0.294. The van der Waals surface area contributed by atoms with Crippen molar-refractivity contribution >= 4 is 12.2 Å². The molecule has 0 radical (unpaired) electrons. The molecule has 1 nitrogen and oxygen atoms in total. The van der Waals surface area contributed by atoms with E-state index in [2.05, 4.69) is 31.9 Å². The Balaban J connectivity index is 3.10. The van der Waals surface area contributed by atoms with E-state index in [9.17, 15) is 0 Å². The highest BCUT2D eigenvalue weighted by molar-refractivity contribution is 6.74. The number of hydrogen-bond donors (Lipinski definition) is 0. The van der Waals surface area contributed by atoms with Gasteiger partial charge in [-0.2, -0.15) is 0 Å². The first-order valence-electron chi connectivity index (χ1n) is 6.85. The summed E-state index contributed by atoms with van der Waals surface area (Å²) in [6.45, 7) is 14.7. The Bertz CT molecular complexity index is 427. The van der Waals surface area contributed by atoms with Gasteiger partial charge in [0.05, 0.1) is 6.61 Å². The molecule has 0 heterocycles. The summed E-state index contributed by atoms with van der Waals surface area (Å²) in [6, 6.07) is 6.34. The van der Waals surface area contributed by atoms with Crippen molar-refractivity contribution in [1.29, 1.82) is 0 Å². The van der Waals surface area contributed by atoms with E-state index in [0.29, 0.717) is 13.3 Å². The van der Waals surface area contributed by atoms with Gasteiger partial charge in [-0.3, -0.25) is 0 Å². The fourth-order valence-electron chi connectivity index (χ4n) is 2.32. The van der Waals surface area contributed by atoms with Crippen LogP contribution in [-0.2, 0) is 6.42 Å². The van der Waals surface area contributed by atoms with Gasteiger partial charge in [0.25, 0.3) is 0 Å². The molecule has 0 atom stereocenters. The van der Waals surface area contributed by atoms with Crippen LogP contribution >= 0.6 is 0 Å². The Morgan fingerprint density at radius 2 is 1.79 bits per heavy atom. The van der Waals surface area contributed by atoms with E-state index in [4.69, 9.17) is 4.74 Å². The quantitative estimate of drug-likeness (QED) is 0.480. The van der Waals surface area contributed by atoms with Crippen LogP contribution in [0.1, 0.15) is 12.5 Å². The molecule has 0 bridgehead atoms. The lowest BCUT2D eigenvalue weighted by Gasteiger charge is -2.16. The zero-order chi connectivity index (χ0) is 14.1. The number of hydrogen-bond acceptors (Lipinski definition) is 1. The monoisotopic (exact) mass is 254 g/mol. The molecular formula is C17H23BO. The summed E-state index contributed by atoms with van der Waals surface area (Å²) in [5.74, 6) is 0.930. The van der Waals surface area contributed by atoms with Crippen molar-refractivity contribution in [1.82, 2.24) is 0 Å². The minimum atomic E-state index is 0.445. The van der Waals surface area contributed by atoms with Gasteiger partial charge in [-0.05, 0) is 31.0 Å². The maximum Gasteiger partial charge on any atom is 0.183 e. The van der Waals surface area contributed by atoms with Gasteiger partial charge in [0.1, 0.15) is 5.75 Å². The third-order valence-electron chi connectivity index (χ3n) is 3.13. The standard InChI is InChI=1S/C17H23BO/c1-5-9-15-14-16(19-8-4)10-11-17(15)18(12-6-2)13-7-3/h5-7,10-11,14H,1-3,8-9,12-13H2,4H3. The van der Waals surface area contributed by atoms with Crippen LogP contribution in [0.3, 0.4) is 0 Å².